The van der Waals surface area contributed by atoms with Crippen molar-refractivity contribution in [2.24, 2.45) is 0 Å². The third kappa shape index (κ3) is 8.00. The lowest BCUT2D eigenvalue weighted by atomic mass is 10.0. The van der Waals surface area contributed by atoms with Gasteiger partial charge in [0, 0.05) is 30.9 Å². The summed E-state index contributed by atoms with van der Waals surface area (Å²) >= 11 is 0. The standard InChI is InChI=1S/C30H35N3O4/c1-3-5-7-21-31(22-8-6-4-2)28-18-16-27(17-19-28)26-14-11-24(12-15-26)9-10-25-13-20-29(32(34)35)30(23-25)33(36)37/h9-20,23H,3-8,21-22H2,1-2H3. The first-order valence-electron chi connectivity index (χ1n) is 13.0. The van der Waals surface area contributed by atoms with Crippen LogP contribution in [0, 0.1) is 20.2 Å². The first-order chi connectivity index (χ1) is 17.9. The fourth-order valence-electron chi connectivity index (χ4n) is 4.26. The minimum absolute atomic E-state index is 0.512. The normalized spacial score (nSPS) is 11.1. The molecule has 7 heteroatoms. The molecule has 0 saturated carbocycles. The van der Waals surface area contributed by atoms with Gasteiger partial charge in [0.2, 0.25) is 0 Å². The van der Waals surface area contributed by atoms with E-state index in [2.05, 4.69) is 43.0 Å². The largest absolute Gasteiger partial charge is 0.372 e. The van der Waals surface area contributed by atoms with E-state index < -0.39 is 21.2 Å². The summed E-state index contributed by atoms with van der Waals surface area (Å²) in [7, 11) is 0. The van der Waals surface area contributed by atoms with E-state index in [0.29, 0.717) is 5.56 Å². The number of benzene rings is 3. The molecule has 37 heavy (non-hydrogen) atoms. The third-order valence-electron chi connectivity index (χ3n) is 6.40. The maximum Gasteiger partial charge on any atom is 0.346 e. The lowest BCUT2D eigenvalue weighted by Crippen LogP contribution is -2.25. The first-order valence-corrected chi connectivity index (χ1v) is 13.0. The van der Waals surface area contributed by atoms with Gasteiger partial charge in [-0.3, -0.25) is 20.2 Å². The topological polar surface area (TPSA) is 89.5 Å². The molecule has 0 aliphatic heterocycles. The van der Waals surface area contributed by atoms with Crippen molar-refractivity contribution in [3.05, 3.63) is 98.1 Å². The Kier molecular flexibility index (Phi) is 10.4. The number of unbranched alkanes of at least 4 members (excludes halogenated alkanes) is 4. The number of hydrogen-bond donors (Lipinski definition) is 0. The van der Waals surface area contributed by atoms with Gasteiger partial charge in [0.1, 0.15) is 0 Å². The summed E-state index contributed by atoms with van der Waals surface area (Å²) in [5.41, 5.74) is 3.96. The van der Waals surface area contributed by atoms with Crippen molar-refractivity contribution < 1.29 is 9.85 Å². The highest BCUT2D eigenvalue weighted by Gasteiger charge is 2.23. The molecule has 0 bridgehead atoms. The average Bonchev–Trinajstić information content (AvgIpc) is 2.91. The first kappa shape index (κ1) is 27.6. The summed E-state index contributed by atoms with van der Waals surface area (Å²) in [6, 6.07) is 20.7. The molecular weight excluding hydrogens is 466 g/mol. The summed E-state index contributed by atoms with van der Waals surface area (Å²) in [5.74, 6) is 0. The lowest BCUT2D eigenvalue weighted by Gasteiger charge is -2.25. The van der Waals surface area contributed by atoms with Crippen LogP contribution in [0.5, 0.6) is 0 Å². The highest BCUT2D eigenvalue weighted by Crippen LogP contribution is 2.29. The molecule has 0 spiro atoms. The third-order valence-corrected chi connectivity index (χ3v) is 6.40. The van der Waals surface area contributed by atoms with E-state index in [4.69, 9.17) is 0 Å². The average molecular weight is 502 g/mol. The predicted molar refractivity (Wildman–Crippen MR) is 152 cm³/mol. The molecular formula is C30H35N3O4. The second-order valence-electron chi connectivity index (χ2n) is 9.17. The monoisotopic (exact) mass is 501 g/mol. The van der Waals surface area contributed by atoms with E-state index in [9.17, 15) is 20.2 Å². The molecule has 0 N–H and O–H groups in total. The highest BCUT2D eigenvalue weighted by atomic mass is 16.6. The van der Waals surface area contributed by atoms with Gasteiger partial charge in [-0.25, -0.2) is 0 Å². The maximum atomic E-state index is 11.2. The number of anilines is 1. The number of rotatable bonds is 14. The van der Waals surface area contributed by atoms with Crippen LogP contribution >= 0.6 is 0 Å². The number of nitrogens with zero attached hydrogens (tertiary/aromatic N) is 3. The van der Waals surface area contributed by atoms with Crippen LogP contribution in [-0.4, -0.2) is 22.9 Å². The van der Waals surface area contributed by atoms with Gasteiger partial charge in [-0.15, -0.1) is 0 Å². The van der Waals surface area contributed by atoms with Crippen LogP contribution < -0.4 is 4.90 Å². The Bertz CT molecular complexity index is 1190. The van der Waals surface area contributed by atoms with Crippen molar-refractivity contribution in [3.63, 3.8) is 0 Å². The molecule has 3 aromatic rings. The van der Waals surface area contributed by atoms with Gasteiger partial charge in [-0.1, -0.05) is 88.1 Å². The molecule has 0 fully saturated rings. The fraction of sp³-hybridized carbons (Fsp3) is 0.333. The molecule has 0 atom stereocenters. The molecule has 0 radical (unpaired) electrons. The van der Waals surface area contributed by atoms with Crippen molar-refractivity contribution in [2.45, 2.75) is 52.4 Å². The van der Waals surface area contributed by atoms with Gasteiger partial charge in [0.15, 0.2) is 0 Å². The molecule has 3 rings (SSSR count). The van der Waals surface area contributed by atoms with E-state index >= 15 is 0 Å². The fourth-order valence-corrected chi connectivity index (χ4v) is 4.26. The predicted octanol–water partition coefficient (Wildman–Crippen LogP) is 8.53. The van der Waals surface area contributed by atoms with Gasteiger partial charge >= 0.3 is 11.4 Å². The summed E-state index contributed by atoms with van der Waals surface area (Å²) < 4.78 is 0. The van der Waals surface area contributed by atoms with E-state index in [1.54, 1.807) is 6.08 Å². The molecule has 0 unspecified atom stereocenters. The van der Waals surface area contributed by atoms with Crippen LogP contribution in [0.15, 0.2) is 66.7 Å². The second kappa shape index (κ2) is 13.9. The van der Waals surface area contributed by atoms with Crippen LogP contribution in [-0.2, 0) is 0 Å². The number of hydrogen-bond acceptors (Lipinski definition) is 5. The van der Waals surface area contributed by atoms with E-state index in [-0.39, 0.29) is 0 Å². The number of nitro groups is 2. The zero-order chi connectivity index (χ0) is 26.6. The van der Waals surface area contributed by atoms with Gasteiger partial charge < -0.3 is 4.90 Å². The summed E-state index contributed by atoms with van der Waals surface area (Å²) in [6.07, 6.45) is 10.9. The highest BCUT2D eigenvalue weighted by molar-refractivity contribution is 5.74. The molecule has 0 saturated heterocycles. The molecule has 0 aliphatic carbocycles. The lowest BCUT2D eigenvalue weighted by molar-refractivity contribution is -0.422. The molecule has 0 amide bonds. The van der Waals surface area contributed by atoms with E-state index in [1.165, 1.54) is 62.4 Å². The van der Waals surface area contributed by atoms with Crippen molar-refractivity contribution >= 4 is 29.2 Å². The summed E-state index contributed by atoms with van der Waals surface area (Å²) in [5, 5.41) is 22.2. The Morgan fingerprint density at radius 1 is 0.649 bits per heavy atom. The smallest absolute Gasteiger partial charge is 0.346 e. The zero-order valence-corrected chi connectivity index (χ0v) is 21.6. The summed E-state index contributed by atoms with van der Waals surface area (Å²) in [6.45, 7) is 6.66. The van der Waals surface area contributed by atoms with Crippen molar-refractivity contribution in [1.82, 2.24) is 0 Å². The molecule has 0 aromatic heterocycles. The van der Waals surface area contributed by atoms with Crippen molar-refractivity contribution in [1.29, 1.82) is 0 Å². The van der Waals surface area contributed by atoms with E-state index in [1.807, 2.05) is 30.3 Å². The van der Waals surface area contributed by atoms with Gasteiger partial charge in [0.25, 0.3) is 0 Å². The van der Waals surface area contributed by atoms with Gasteiger partial charge in [-0.2, -0.15) is 0 Å². The second-order valence-corrected chi connectivity index (χ2v) is 9.17. The molecule has 0 aliphatic rings. The van der Waals surface area contributed by atoms with Crippen LogP contribution in [0.3, 0.4) is 0 Å². The van der Waals surface area contributed by atoms with Gasteiger partial charge in [0.05, 0.1) is 9.85 Å². The Labute approximate surface area is 218 Å². The molecule has 3 aromatic carbocycles. The zero-order valence-electron chi connectivity index (χ0n) is 21.6. The van der Waals surface area contributed by atoms with Crippen molar-refractivity contribution in [2.75, 3.05) is 18.0 Å². The van der Waals surface area contributed by atoms with Crippen molar-refractivity contribution in [3.8, 4) is 11.1 Å². The molecule has 194 valence electrons. The minimum Gasteiger partial charge on any atom is -0.372 e. The Morgan fingerprint density at radius 3 is 1.65 bits per heavy atom. The quantitative estimate of drug-likeness (QED) is 0.0955. The maximum absolute atomic E-state index is 11.2. The molecule has 7 nitrogen and oxygen atoms in total. The summed E-state index contributed by atoms with van der Waals surface area (Å²) in [4.78, 5) is 23.2. The van der Waals surface area contributed by atoms with E-state index in [0.717, 1.165) is 29.8 Å². The Morgan fingerprint density at radius 2 is 1.14 bits per heavy atom. The molecule has 0 heterocycles. The van der Waals surface area contributed by atoms with Crippen LogP contribution in [0.1, 0.15) is 63.5 Å². The van der Waals surface area contributed by atoms with Crippen LogP contribution in [0.4, 0.5) is 17.1 Å². The van der Waals surface area contributed by atoms with Crippen LogP contribution in [0.25, 0.3) is 23.3 Å². The van der Waals surface area contributed by atoms with Gasteiger partial charge in [-0.05, 0) is 53.3 Å². The SMILES string of the molecule is CCCCCN(CCCCC)c1ccc(-c2ccc(C=Cc3ccc([N+](=O)[O-])c([N+](=O)[O-])c3)cc2)cc1. The minimum atomic E-state index is -0.743. The Balaban J connectivity index is 1.70. The Hall–Kier alpha value is -4.00. The van der Waals surface area contributed by atoms with Crippen LogP contribution in [0.2, 0.25) is 0 Å². The number of nitro benzene ring substituents is 2.